The molecule has 0 saturated heterocycles. The van der Waals surface area contributed by atoms with Gasteiger partial charge < -0.3 is 9.47 Å². The predicted octanol–water partition coefficient (Wildman–Crippen LogP) is 6.69. The van der Waals surface area contributed by atoms with Gasteiger partial charge in [-0.05, 0) is 42.9 Å². The van der Waals surface area contributed by atoms with Crippen molar-refractivity contribution in [3.63, 3.8) is 0 Å². The molecular weight excluding hydrogens is 324 g/mol. The normalized spacial score (nSPS) is 13.2. The molecule has 1 aromatic rings. The van der Waals surface area contributed by atoms with Gasteiger partial charge in [-0.1, -0.05) is 66.2 Å². The summed E-state index contributed by atoms with van der Waals surface area (Å²) in [6.45, 7) is 10.2. The Hall–Kier alpha value is -1.51. The van der Waals surface area contributed by atoms with Crippen LogP contribution >= 0.6 is 0 Å². The molecule has 2 unspecified atom stereocenters. The zero-order valence-corrected chi connectivity index (χ0v) is 17.3. The van der Waals surface area contributed by atoms with Crippen LogP contribution in [0.1, 0.15) is 89.4 Å². The van der Waals surface area contributed by atoms with Crippen molar-refractivity contribution in [2.24, 2.45) is 11.8 Å². The van der Waals surface area contributed by atoms with Crippen LogP contribution in [0.25, 0.3) is 0 Å². The first kappa shape index (κ1) is 22.5. The Morgan fingerprint density at radius 2 is 1.46 bits per heavy atom. The minimum absolute atomic E-state index is 0.550. The Morgan fingerprint density at radius 1 is 0.885 bits per heavy atom. The number of ether oxygens (including phenoxy) is 2. The molecule has 0 aliphatic rings. The van der Waals surface area contributed by atoms with Crippen LogP contribution in [-0.2, 0) is 0 Å². The predicted molar refractivity (Wildman–Crippen MR) is 109 cm³/mol. The fraction of sp³-hybridized carbons (Fsp3) is 0.696. The number of carbonyl (C=O) groups excluding carboxylic acids is 1. The third kappa shape index (κ3) is 8.25. The van der Waals surface area contributed by atoms with E-state index in [4.69, 9.17) is 9.47 Å². The monoisotopic (exact) mass is 362 g/mol. The topological polar surface area (TPSA) is 35.5 Å². The average Bonchev–Trinajstić information content (AvgIpc) is 2.68. The average molecular weight is 363 g/mol. The summed E-state index contributed by atoms with van der Waals surface area (Å²) in [4.78, 5) is 11.5. The minimum Gasteiger partial charge on any atom is -0.493 e. The molecule has 3 nitrogen and oxygen atoms in total. The molecule has 0 heterocycles. The van der Waals surface area contributed by atoms with Crippen molar-refractivity contribution >= 4 is 6.29 Å². The Morgan fingerprint density at radius 3 is 1.96 bits per heavy atom. The first-order chi connectivity index (χ1) is 12.7. The standard InChI is InChI=1S/C23H38O3/c1-5-9-11-19(7-3)17-25-22-13-14-23(21(15-22)16-24)26-18-20(8-4)12-10-6-2/h13-16,19-20H,5-12,17-18H2,1-4H3. The number of rotatable bonds is 15. The van der Waals surface area contributed by atoms with Gasteiger partial charge in [-0.3, -0.25) is 4.79 Å². The zero-order chi connectivity index (χ0) is 19.2. The summed E-state index contributed by atoms with van der Waals surface area (Å²) in [6.07, 6.45) is 10.4. The fourth-order valence-electron chi connectivity index (χ4n) is 3.06. The molecule has 0 spiro atoms. The van der Waals surface area contributed by atoms with Gasteiger partial charge in [0, 0.05) is 0 Å². The van der Waals surface area contributed by atoms with Gasteiger partial charge in [-0.15, -0.1) is 0 Å². The van der Waals surface area contributed by atoms with Gasteiger partial charge in [0.25, 0.3) is 0 Å². The second kappa shape index (κ2) is 13.7. The van der Waals surface area contributed by atoms with Crippen molar-refractivity contribution in [3.05, 3.63) is 23.8 Å². The molecule has 148 valence electrons. The Balaban J connectivity index is 2.61. The van der Waals surface area contributed by atoms with E-state index in [1.807, 2.05) is 18.2 Å². The van der Waals surface area contributed by atoms with E-state index in [0.29, 0.717) is 36.4 Å². The summed E-state index contributed by atoms with van der Waals surface area (Å²) in [7, 11) is 0. The fourth-order valence-corrected chi connectivity index (χ4v) is 3.06. The molecule has 0 bridgehead atoms. The molecule has 3 heteroatoms. The highest BCUT2D eigenvalue weighted by Gasteiger charge is 2.12. The van der Waals surface area contributed by atoms with Crippen LogP contribution in [0.15, 0.2) is 18.2 Å². The Kier molecular flexibility index (Phi) is 11.8. The minimum atomic E-state index is 0.550. The maximum atomic E-state index is 11.5. The van der Waals surface area contributed by atoms with E-state index in [-0.39, 0.29) is 0 Å². The molecule has 2 atom stereocenters. The highest BCUT2D eigenvalue weighted by molar-refractivity contribution is 5.80. The van der Waals surface area contributed by atoms with Crippen molar-refractivity contribution in [1.29, 1.82) is 0 Å². The van der Waals surface area contributed by atoms with Crippen LogP contribution in [0, 0.1) is 11.8 Å². The van der Waals surface area contributed by atoms with E-state index < -0.39 is 0 Å². The number of benzene rings is 1. The molecular formula is C23H38O3. The molecule has 0 fully saturated rings. The molecule has 0 amide bonds. The van der Waals surface area contributed by atoms with E-state index in [1.54, 1.807) is 0 Å². The molecule has 0 radical (unpaired) electrons. The largest absolute Gasteiger partial charge is 0.493 e. The lowest BCUT2D eigenvalue weighted by Crippen LogP contribution is -2.13. The molecule has 0 saturated carbocycles. The maximum absolute atomic E-state index is 11.5. The number of aldehydes is 1. The van der Waals surface area contributed by atoms with Crippen molar-refractivity contribution in [3.8, 4) is 11.5 Å². The zero-order valence-electron chi connectivity index (χ0n) is 17.3. The van der Waals surface area contributed by atoms with Gasteiger partial charge in [0.2, 0.25) is 0 Å². The molecule has 26 heavy (non-hydrogen) atoms. The van der Waals surface area contributed by atoms with Gasteiger partial charge in [-0.25, -0.2) is 0 Å². The van der Waals surface area contributed by atoms with E-state index >= 15 is 0 Å². The van der Waals surface area contributed by atoms with Crippen molar-refractivity contribution in [1.82, 2.24) is 0 Å². The van der Waals surface area contributed by atoms with Crippen LogP contribution in [0.5, 0.6) is 11.5 Å². The molecule has 0 N–H and O–H groups in total. The molecule has 0 aliphatic heterocycles. The molecule has 0 aromatic heterocycles. The summed E-state index contributed by atoms with van der Waals surface area (Å²) in [5.74, 6) is 2.55. The highest BCUT2D eigenvalue weighted by Crippen LogP contribution is 2.25. The van der Waals surface area contributed by atoms with Gasteiger partial charge in [0.1, 0.15) is 11.5 Å². The van der Waals surface area contributed by atoms with Gasteiger partial charge >= 0.3 is 0 Å². The number of unbranched alkanes of at least 4 members (excludes halogenated alkanes) is 2. The Labute approximate surface area is 160 Å². The van der Waals surface area contributed by atoms with Crippen molar-refractivity contribution < 1.29 is 14.3 Å². The first-order valence-corrected chi connectivity index (χ1v) is 10.5. The SMILES string of the molecule is CCCCC(CC)COc1ccc(OCC(CC)CCCC)c(C=O)c1. The van der Waals surface area contributed by atoms with Crippen LogP contribution in [0.3, 0.4) is 0 Å². The first-order valence-electron chi connectivity index (χ1n) is 10.5. The van der Waals surface area contributed by atoms with Crippen LogP contribution in [0.2, 0.25) is 0 Å². The van der Waals surface area contributed by atoms with Crippen LogP contribution in [-0.4, -0.2) is 19.5 Å². The summed E-state index contributed by atoms with van der Waals surface area (Å²) in [5.41, 5.74) is 0.578. The van der Waals surface area contributed by atoms with E-state index in [9.17, 15) is 4.79 Å². The number of carbonyl (C=O) groups is 1. The third-order valence-corrected chi connectivity index (χ3v) is 5.16. The molecule has 1 rings (SSSR count). The second-order valence-corrected chi connectivity index (χ2v) is 7.27. The van der Waals surface area contributed by atoms with Gasteiger partial charge in [0.05, 0.1) is 18.8 Å². The van der Waals surface area contributed by atoms with E-state index in [0.717, 1.165) is 24.9 Å². The lowest BCUT2D eigenvalue weighted by atomic mass is 10.0. The Bertz CT molecular complexity index is 498. The van der Waals surface area contributed by atoms with E-state index in [1.165, 1.54) is 38.5 Å². The maximum Gasteiger partial charge on any atom is 0.153 e. The van der Waals surface area contributed by atoms with Crippen LogP contribution < -0.4 is 9.47 Å². The summed E-state index contributed by atoms with van der Waals surface area (Å²) >= 11 is 0. The lowest BCUT2D eigenvalue weighted by molar-refractivity contribution is 0.111. The lowest BCUT2D eigenvalue weighted by Gasteiger charge is -2.18. The van der Waals surface area contributed by atoms with Crippen molar-refractivity contribution in [2.45, 2.75) is 79.1 Å². The summed E-state index contributed by atoms with van der Waals surface area (Å²) in [6, 6.07) is 5.60. The summed E-state index contributed by atoms with van der Waals surface area (Å²) < 4.78 is 11.9. The van der Waals surface area contributed by atoms with Gasteiger partial charge in [-0.2, -0.15) is 0 Å². The quantitative estimate of drug-likeness (QED) is 0.326. The molecule has 1 aromatic carbocycles. The van der Waals surface area contributed by atoms with Crippen molar-refractivity contribution in [2.75, 3.05) is 13.2 Å². The number of hydrogen-bond donors (Lipinski definition) is 0. The van der Waals surface area contributed by atoms with Crippen LogP contribution in [0.4, 0.5) is 0 Å². The third-order valence-electron chi connectivity index (χ3n) is 5.16. The number of hydrogen-bond acceptors (Lipinski definition) is 3. The second-order valence-electron chi connectivity index (χ2n) is 7.27. The smallest absolute Gasteiger partial charge is 0.153 e. The van der Waals surface area contributed by atoms with Gasteiger partial charge in [0.15, 0.2) is 6.29 Å². The highest BCUT2D eigenvalue weighted by atomic mass is 16.5. The molecule has 0 aliphatic carbocycles. The summed E-state index contributed by atoms with van der Waals surface area (Å²) in [5, 5.41) is 0. The van der Waals surface area contributed by atoms with E-state index in [2.05, 4.69) is 27.7 Å².